The van der Waals surface area contributed by atoms with Crippen molar-refractivity contribution in [1.82, 2.24) is 4.72 Å². The molecule has 0 atom stereocenters. The lowest BCUT2D eigenvalue weighted by atomic mass is 10.1. The summed E-state index contributed by atoms with van der Waals surface area (Å²) >= 11 is 6.72. The van der Waals surface area contributed by atoms with Crippen LogP contribution in [-0.2, 0) is 21.3 Å². The number of halogens is 1. The zero-order valence-electron chi connectivity index (χ0n) is 11.0. The molecule has 2 rings (SSSR count). The number of methoxy groups -OCH3 is 1. The highest BCUT2D eigenvalue weighted by atomic mass is 35.5. The van der Waals surface area contributed by atoms with Crippen LogP contribution in [0.3, 0.4) is 0 Å². The maximum Gasteiger partial charge on any atom is 0.337 e. The van der Waals surface area contributed by atoms with E-state index < -0.39 is 16.0 Å². The zero-order chi connectivity index (χ0) is 15.5. The van der Waals surface area contributed by atoms with Crippen LogP contribution in [0.5, 0.6) is 0 Å². The van der Waals surface area contributed by atoms with Gasteiger partial charge >= 0.3 is 5.97 Å². The predicted octanol–water partition coefficient (Wildman–Crippen LogP) is 2.67. The number of nitrogens with one attached hydrogen (secondary N) is 1. The second-order valence-corrected chi connectivity index (χ2v) is 7.78. The van der Waals surface area contributed by atoms with Gasteiger partial charge in [-0.05, 0) is 29.8 Å². The summed E-state index contributed by atoms with van der Waals surface area (Å²) in [7, 11) is -2.27. The van der Waals surface area contributed by atoms with Crippen LogP contribution in [0, 0.1) is 0 Å². The molecule has 0 saturated heterocycles. The van der Waals surface area contributed by atoms with Crippen molar-refractivity contribution in [3.8, 4) is 0 Å². The molecule has 8 heteroatoms. The van der Waals surface area contributed by atoms with E-state index in [1.54, 1.807) is 24.3 Å². The fourth-order valence-electron chi connectivity index (χ4n) is 1.57. The van der Waals surface area contributed by atoms with E-state index in [1.165, 1.54) is 19.2 Å². The van der Waals surface area contributed by atoms with Crippen LogP contribution in [0.4, 0.5) is 0 Å². The summed E-state index contributed by atoms with van der Waals surface area (Å²) < 4.78 is 31.7. The molecule has 1 aromatic carbocycles. The fourth-order valence-corrected chi connectivity index (χ4v) is 4.11. The summed E-state index contributed by atoms with van der Waals surface area (Å²) in [4.78, 5) is 11.3. The van der Waals surface area contributed by atoms with Gasteiger partial charge in [0, 0.05) is 6.54 Å². The maximum atomic E-state index is 12.0. The Morgan fingerprint density at radius 1 is 1.24 bits per heavy atom. The van der Waals surface area contributed by atoms with Crippen LogP contribution in [-0.4, -0.2) is 21.5 Å². The van der Waals surface area contributed by atoms with E-state index in [-0.39, 0.29) is 10.8 Å². The maximum absolute atomic E-state index is 12.0. The average Bonchev–Trinajstić information content (AvgIpc) is 2.92. The number of sulfonamides is 1. The minimum absolute atomic E-state index is 0.124. The van der Waals surface area contributed by atoms with Crippen LogP contribution < -0.4 is 4.72 Å². The summed E-state index contributed by atoms with van der Waals surface area (Å²) in [5.74, 6) is -0.435. The van der Waals surface area contributed by atoms with Crippen molar-refractivity contribution < 1.29 is 17.9 Å². The number of carbonyl (C=O) groups is 1. The summed E-state index contributed by atoms with van der Waals surface area (Å²) in [5.41, 5.74) is 1.14. The highest BCUT2D eigenvalue weighted by Gasteiger charge is 2.16. The molecule has 5 nitrogen and oxygen atoms in total. The van der Waals surface area contributed by atoms with Crippen molar-refractivity contribution in [3.05, 3.63) is 51.9 Å². The van der Waals surface area contributed by atoms with E-state index in [1.807, 2.05) is 0 Å². The minimum atomic E-state index is -3.58. The Labute approximate surface area is 131 Å². The first-order valence-electron chi connectivity index (χ1n) is 5.84. The smallest absolute Gasteiger partial charge is 0.337 e. The van der Waals surface area contributed by atoms with Gasteiger partial charge < -0.3 is 4.74 Å². The van der Waals surface area contributed by atoms with Crippen molar-refractivity contribution in [1.29, 1.82) is 0 Å². The van der Waals surface area contributed by atoms with Crippen LogP contribution in [0.1, 0.15) is 15.9 Å². The summed E-state index contributed by atoms with van der Waals surface area (Å²) in [5, 5.41) is 0. The first-order valence-corrected chi connectivity index (χ1v) is 8.52. The minimum Gasteiger partial charge on any atom is -0.465 e. The molecule has 0 saturated carbocycles. The van der Waals surface area contributed by atoms with Gasteiger partial charge in [-0.1, -0.05) is 23.7 Å². The summed E-state index contributed by atoms with van der Waals surface area (Å²) in [6, 6.07) is 9.48. The highest BCUT2D eigenvalue weighted by Crippen LogP contribution is 2.25. The van der Waals surface area contributed by atoms with Crippen molar-refractivity contribution in [2.75, 3.05) is 7.11 Å². The lowest BCUT2D eigenvalue weighted by Gasteiger charge is -2.05. The number of esters is 1. The fraction of sp³-hybridized carbons (Fsp3) is 0.154. The van der Waals surface area contributed by atoms with E-state index in [0.29, 0.717) is 9.90 Å². The molecule has 21 heavy (non-hydrogen) atoms. The molecular formula is C13H12ClNO4S2. The first-order chi connectivity index (χ1) is 9.92. The number of benzene rings is 1. The SMILES string of the molecule is COC(=O)c1ccc(CNS(=O)(=O)c2ccc(Cl)s2)cc1. The lowest BCUT2D eigenvalue weighted by Crippen LogP contribution is -2.22. The highest BCUT2D eigenvalue weighted by molar-refractivity contribution is 7.91. The van der Waals surface area contributed by atoms with Gasteiger partial charge in [0.05, 0.1) is 17.0 Å². The summed E-state index contributed by atoms with van der Waals surface area (Å²) in [6.45, 7) is 0.124. The van der Waals surface area contributed by atoms with Crippen LogP contribution in [0.15, 0.2) is 40.6 Å². The molecule has 1 aromatic heterocycles. The molecule has 1 N–H and O–H groups in total. The third kappa shape index (κ3) is 4.04. The van der Waals surface area contributed by atoms with Crippen molar-refractivity contribution in [2.24, 2.45) is 0 Å². The predicted molar refractivity (Wildman–Crippen MR) is 81.1 cm³/mol. The number of hydrogen-bond donors (Lipinski definition) is 1. The Morgan fingerprint density at radius 3 is 2.43 bits per heavy atom. The Balaban J connectivity index is 2.04. The second-order valence-electron chi connectivity index (χ2n) is 4.07. The van der Waals surface area contributed by atoms with E-state index in [0.717, 1.165) is 16.9 Å². The summed E-state index contributed by atoms with van der Waals surface area (Å²) in [6.07, 6.45) is 0. The van der Waals surface area contributed by atoms with E-state index >= 15 is 0 Å². The van der Waals surface area contributed by atoms with E-state index in [4.69, 9.17) is 11.6 Å². The van der Waals surface area contributed by atoms with Gasteiger partial charge in [0.2, 0.25) is 10.0 Å². The Bertz CT molecular complexity index is 738. The van der Waals surface area contributed by atoms with Crippen molar-refractivity contribution in [2.45, 2.75) is 10.8 Å². The zero-order valence-corrected chi connectivity index (χ0v) is 13.4. The quantitative estimate of drug-likeness (QED) is 0.845. The normalized spacial score (nSPS) is 11.3. The molecular weight excluding hydrogens is 334 g/mol. The van der Waals surface area contributed by atoms with Gasteiger partial charge in [-0.2, -0.15) is 0 Å². The van der Waals surface area contributed by atoms with Crippen LogP contribution >= 0.6 is 22.9 Å². The number of rotatable bonds is 5. The largest absolute Gasteiger partial charge is 0.465 e. The van der Waals surface area contributed by atoms with Crippen LogP contribution in [0.2, 0.25) is 4.34 Å². The first kappa shape index (κ1) is 16.0. The molecule has 2 aromatic rings. The van der Waals surface area contributed by atoms with E-state index in [9.17, 15) is 13.2 Å². The second kappa shape index (κ2) is 6.57. The van der Waals surface area contributed by atoms with Gasteiger partial charge in [-0.15, -0.1) is 11.3 Å². The third-order valence-corrected chi connectivity index (χ3v) is 5.78. The average molecular weight is 346 g/mol. The van der Waals surface area contributed by atoms with Crippen molar-refractivity contribution >= 4 is 38.9 Å². The number of ether oxygens (including phenoxy) is 1. The molecule has 0 bridgehead atoms. The molecule has 0 amide bonds. The molecule has 1 heterocycles. The Morgan fingerprint density at radius 2 is 1.90 bits per heavy atom. The Hall–Kier alpha value is -1.41. The molecule has 0 spiro atoms. The molecule has 0 radical (unpaired) electrons. The topological polar surface area (TPSA) is 72.5 Å². The molecule has 0 unspecified atom stereocenters. The number of carbonyl (C=O) groups excluding carboxylic acids is 1. The van der Waals surface area contributed by atoms with Gasteiger partial charge in [-0.3, -0.25) is 0 Å². The lowest BCUT2D eigenvalue weighted by molar-refractivity contribution is 0.0600. The standard InChI is InChI=1S/C13H12ClNO4S2/c1-19-13(16)10-4-2-9(3-5-10)8-15-21(17,18)12-7-6-11(14)20-12/h2-7,15H,8H2,1H3. The van der Waals surface area contributed by atoms with Crippen LogP contribution in [0.25, 0.3) is 0 Å². The van der Waals surface area contributed by atoms with Gasteiger partial charge in [0.15, 0.2) is 0 Å². The number of hydrogen-bond acceptors (Lipinski definition) is 5. The molecule has 112 valence electrons. The Kier molecular flexibility index (Phi) is 5.00. The van der Waals surface area contributed by atoms with Gasteiger partial charge in [-0.25, -0.2) is 17.9 Å². The van der Waals surface area contributed by atoms with Gasteiger partial charge in [0.25, 0.3) is 0 Å². The number of thiophene rings is 1. The van der Waals surface area contributed by atoms with Crippen molar-refractivity contribution in [3.63, 3.8) is 0 Å². The third-order valence-electron chi connectivity index (χ3n) is 2.65. The molecule has 0 aliphatic rings. The molecule has 0 aliphatic carbocycles. The molecule has 0 fully saturated rings. The van der Waals surface area contributed by atoms with Gasteiger partial charge in [0.1, 0.15) is 4.21 Å². The van der Waals surface area contributed by atoms with E-state index in [2.05, 4.69) is 9.46 Å². The molecule has 0 aliphatic heterocycles. The monoisotopic (exact) mass is 345 g/mol.